The molecule has 0 spiro atoms. The number of benzene rings is 1. The monoisotopic (exact) mass is 393 g/mol. The molecule has 6 nitrogen and oxygen atoms in total. The summed E-state index contributed by atoms with van der Waals surface area (Å²) in [6.07, 6.45) is 3.49. The summed E-state index contributed by atoms with van der Waals surface area (Å²) in [5.74, 6) is -1.44. The first-order chi connectivity index (χ1) is 11.4. The fourth-order valence-corrected chi connectivity index (χ4v) is 2.79. The van der Waals surface area contributed by atoms with Crippen molar-refractivity contribution in [1.82, 2.24) is 15.1 Å². The maximum absolute atomic E-state index is 12.4. The zero-order valence-corrected chi connectivity index (χ0v) is 15.2. The van der Waals surface area contributed by atoms with E-state index in [-0.39, 0.29) is 0 Å². The molecule has 2 aromatic rings. The van der Waals surface area contributed by atoms with Crippen LogP contribution >= 0.6 is 15.9 Å². The molecule has 0 saturated heterocycles. The molecular weight excluding hydrogens is 374 g/mol. The van der Waals surface area contributed by atoms with Crippen LogP contribution in [-0.4, -0.2) is 32.8 Å². The highest BCUT2D eigenvalue weighted by atomic mass is 79.9. The second kappa shape index (κ2) is 8.10. The molecule has 0 aliphatic carbocycles. The molecule has 1 atom stereocenters. The number of amides is 1. The number of carbonyl (C=O) groups excluding carboxylic acids is 1. The van der Waals surface area contributed by atoms with Gasteiger partial charge in [0.05, 0.1) is 23.1 Å². The third-order valence-corrected chi connectivity index (χ3v) is 4.25. The zero-order valence-electron chi connectivity index (χ0n) is 13.6. The summed E-state index contributed by atoms with van der Waals surface area (Å²) in [6.45, 7) is 3.76. The van der Waals surface area contributed by atoms with Gasteiger partial charge in [-0.15, -0.1) is 0 Å². The van der Waals surface area contributed by atoms with Gasteiger partial charge in [0.15, 0.2) is 0 Å². The number of rotatable bonds is 7. The Labute approximate surface area is 149 Å². The van der Waals surface area contributed by atoms with Crippen LogP contribution in [0.2, 0.25) is 0 Å². The Hall–Kier alpha value is -2.15. The first-order valence-corrected chi connectivity index (χ1v) is 8.57. The van der Waals surface area contributed by atoms with Gasteiger partial charge in [-0.3, -0.25) is 4.79 Å². The van der Waals surface area contributed by atoms with Gasteiger partial charge in [-0.1, -0.05) is 41.8 Å². The van der Waals surface area contributed by atoms with Crippen LogP contribution in [0.25, 0.3) is 5.69 Å². The molecule has 1 unspecified atom stereocenters. The van der Waals surface area contributed by atoms with Crippen LogP contribution in [0.3, 0.4) is 0 Å². The summed E-state index contributed by atoms with van der Waals surface area (Å²) in [6, 6.07) is 6.68. The fraction of sp³-hybridized carbons (Fsp3) is 0.353. The topological polar surface area (TPSA) is 84.2 Å². The molecule has 0 saturated carbocycles. The smallest absolute Gasteiger partial charge is 0.326 e. The van der Waals surface area contributed by atoms with Gasteiger partial charge in [0.2, 0.25) is 0 Å². The third-order valence-electron chi connectivity index (χ3n) is 3.76. The van der Waals surface area contributed by atoms with Crippen molar-refractivity contribution in [2.75, 3.05) is 0 Å². The summed E-state index contributed by atoms with van der Waals surface area (Å²) in [4.78, 5) is 23.7. The number of nitrogens with one attached hydrogen (secondary N) is 1. The summed E-state index contributed by atoms with van der Waals surface area (Å²) in [7, 11) is 0. The van der Waals surface area contributed by atoms with Crippen molar-refractivity contribution in [3.05, 3.63) is 46.2 Å². The number of halogens is 1. The highest BCUT2D eigenvalue weighted by Gasteiger charge is 2.22. The molecule has 2 rings (SSSR count). The highest BCUT2D eigenvalue weighted by molar-refractivity contribution is 9.10. The van der Waals surface area contributed by atoms with Gasteiger partial charge in [-0.05, 0) is 31.5 Å². The van der Waals surface area contributed by atoms with Gasteiger partial charge in [0.1, 0.15) is 6.04 Å². The molecule has 24 heavy (non-hydrogen) atoms. The SMILES string of the molecule is CCCCC(NC(=O)c1cnn(-c2cccc(Br)c2)c1C)C(=O)O. The number of hydrogen-bond donors (Lipinski definition) is 2. The number of unbranched alkanes of at least 4 members (excludes halogenated alkanes) is 1. The minimum absolute atomic E-state index is 0.373. The number of carbonyl (C=O) groups is 2. The Morgan fingerprint density at radius 2 is 2.17 bits per heavy atom. The van der Waals surface area contributed by atoms with E-state index in [1.165, 1.54) is 6.20 Å². The van der Waals surface area contributed by atoms with E-state index in [4.69, 9.17) is 0 Å². The van der Waals surface area contributed by atoms with Crippen molar-refractivity contribution >= 4 is 27.8 Å². The van der Waals surface area contributed by atoms with E-state index in [0.29, 0.717) is 17.7 Å². The van der Waals surface area contributed by atoms with E-state index in [9.17, 15) is 14.7 Å². The first-order valence-electron chi connectivity index (χ1n) is 7.78. The van der Waals surface area contributed by atoms with Crippen LogP contribution in [-0.2, 0) is 4.79 Å². The molecule has 0 aliphatic heterocycles. The Kier molecular flexibility index (Phi) is 6.14. The van der Waals surface area contributed by atoms with Crippen LogP contribution in [0.15, 0.2) is 34.9 Å². The van der Waals surface area contributed by atoms with Crippen LogP contribution < -0.4 is 5.32 Å². The molecule has 128 valence electrons. The summed E-state index contributed by atoms with van der Waals surface area (Å²) in [5.41, 5.74) is 1.85. The Morgan fingerprint density at radius 3 is 2.79 bits per heavy atom. The lowest BCUT2D eigenvalue weighted by atomic mass is 10.1. The lowest BCUT2D eigenvalue weighted by Crippen LogP contribution is -2.40. The standard InChI is InChI=1S/C17H20BrN3O3/c1-3-4-8-15(17(23)24)20-16(22)14-10-19-21(11(14)2)13-7-5-6-12(18)9-13/h5-7,9-10,15H,3-4,8H2,1-2H3,(H,20,22)(H,23,24). The molecule has 1 amide bonds. The number of carboxylic acids is 1. The zero-order chi connectivity index (χ0) is 17.7. The fourth-order valence-electron chi connectivity index (χ4n) is 2.40. The summed E-state index contributed by atoms with van der Waals surface area (Å²) >= 11 is 3.41. The number of aliphatic carboxylic acids is 1. The van der Waals surface area contributed by atoms with E-state index in [2.05, 4.69) is 26.3 Å². The Balaban J connectivity index is 2.20. The molecule has 2 N–H and O–H groups in total. The van der Waals surface area contributed by atoms with Crippen LogP contribution in [0.4, 0.5) is 0 Å². The summed E-state index contributed by atoms with van der Waals surface area (Å²) in [5, 5.41) is 16.1. The summed E-state index contributed by atoms with van der Waals surface area (Å²) < 4.78 is 2.56. The van der Waals surface area contributed by atoms with Gasteiger partial charge in [-0.25, -0.2) is 9.48 Å². The van der Waals surface area contributed by atoms with Crippen molar-refractivity contribution in [3.63, 3.8) is 0 Å². The lowest BCUT2D eigenvalue weighted by Gasteiger charge is -2.14. The van der Waals surface area contributed by atoms with E-state index in [1.54, 1.807) is 11.6 Å². The molecule has 1 heterocycles. The second-order valence-electron chi connectivity index (χ2n) is 5.54. The van der Waals surface area contributed by atoms with Gasteiger partial charge in [0, 0.05) is 4.47 Å². The predicted molar refractivity (Wildman–Crippen MR) is 94.4 cm³/mol. The minimum Gasteiger partial charge on any atom is -0.480 e. The molecule has 0 fully saturated rings. The maximum Gasteiger partial charge on any atom is 0.326 e. The molecular formula is C17H20BrN3O3. The number of nitrogens with zero attached hydrogens (tertiary/aromatic N) is 2. The second-order valence-corrected chi connectivity index (χ2v) is 6.46. The lowest BCUT2D eigenvalue weighted by molar-refractivity contribution is -0.139. The highest BCUT2D eigenvalue weighted by Crippen LogP contribution is 2.18. The molecule has 0 radical (unpaired) electrons. The van der Waals surface area contributed by atoms with E-state index in [1.807, 2.05) is 31.2 Å². The van der Waals surface area contributed by atoms with Gasteiger partial charge in [0.25, 0.3) is 5.91 Å². The van der Waals surface area contributed by atoms with E-state index < -0.39 is 17.9 Å². The largest absolute Gasteiger partial charge is 0.480 e. The van der Waals surface area contributed by atoms with Crippen LogP contribution in [0, 0.1) is 6.92 Å². The molecule has 7 heteroatoms. The van der Waals surface area contributed by atoms with Crippen molar-refractivity contribution < 1.29 is 14.7 Å². The Bertz CT molecular complexity index is 742. The normalized spacial score (nSPS) is 12.0. The molecule has 0 aliphatic rings. The number of hydrogen-bond acceptors (Lipinski definition) is 3. The van der Waals surface area contributed by atoms with E-state index in [0.717, 1.165) is 23.0 Å². The number of aromatic nitrogens is 2. The van der Waals surface area contributed by atoms with Crippen molar-refractivity contribution in [3.8, 4) is 5.69 Å². The molecule has 1 aromatic carbocycles. The van der Waals surface area contributed by atoms with Crippen molar-refractivity contribution in [2.24, 2.45) is 0 Å². The van der Waals surface area contributed by atoms with E-state index >= 15 is 0 Å². The van der Waals surface area contributed by atoms with Gasteiger partial charge < -0.3 is 10.4 Å². The van der Waals surface area contributed by atoms with Gasteiger partial charge >= 0.3 is 5.97 Å². The molecule has 1 aromatic heterocycles. The predicted octanol–water partition coefficient (Wildman–Crippen LogP) is 3.32. The maximum atomic E-state index is 12.4. The average molecular weight is 394 g/mol. The van der Waals surface area contributed by atoms with Gasteiger partial charge in [-0.2, -0.15) is 5.10 Å². The quantitative estimate of drug-likeness (QED) is 0.755. The molecule has 0 bridgehead atoms. The Morgan fingerprint density at radius 1 is 1.42 bits per heavy atom. The third kappa shape index (κ3) is 4.23. The average Bonchev–Trinajstić information content (AvgIpc) is 2.92. The first kappa shape index (κ1) is 18.2. The van der Waals surface area contributed by atoms with Crippen molar-refractivity contribution in [1.29, 1.82) is 0 Å². The van der Waals surface area contributed by atoms with Crippen LogP contribution in [0.1, 0.15) is 42.2 Å². The van der Waals surface area contributed by atoms with Crippen molar-refractivity contribution in [2.45, 2.75) is 39.2 Å². The number of carboxylic acid groups (broad SMARTS) is 1. The minimum atomic E-state index is -1.02. The van der Waals surface area contributed by atoms with Crippen LogP contribution in [0.5, 0.6) is 0 Å².